The minimum absolute atomic E-state index is 0.258. The number of rotatable bonds is 5. The maximum absolute atomic E-state index is 14.3. The van der Waals surface area contributed by atoms with Crippen molar-refractivity contribution in [1.29, 1.82) is 0 Å². The van der Waals surface area contributed by atoms with Crippen LogP contribution < -0.4 is 0 Å². The molecule has 0 radical (unpaired) electrons. The fourth-order valence-corrected chi connectivity index (χ4v) is 4.32. The van der Waals surface area contributed by atoms with Crippen molar-refractivity contribution in [1.82, 2.24) is 19.7 Å². The van der Waals surface area contributed by atoms with E-state index in [9.17, 15) is 4.39 Å². The van der Waals surface area contributed by atoms with E-state index >= 15 is 0 Å². The first-order valence-corrected chi connectivity index (χ1v) is 10.9. The lowest BCUT2D eigenvalue weighted by atomic mass is 10.2. The second kappa shape index (κ2) is 8.65. The van der Waals surface area contributed by atoms with Crippen LogP contribution in [0.3, 0.4) is 0 Å². The van der Waals surface area contributed by atoms with Crippen molar-refractivity contribution in [3.63, 3.8) is 0 Å². The molecule has 4 rings (SSSR count). The summed E-state index contributed by atoms with van der Waals surface area (Å²) in [5.74, 6) is 0.843. The van der Waals surface area contributed by atoms with E-state index in [2.05, 4.69) is 31.1 Å². The highest BCUT2D eigenvalue weighted by atomic mass is 79.9. The third kappa shape index (κ3) is 4.22. The van der Waals surface area contributed by atoms with Crippen LogP contribution in [-0.4, -0.2) is 19.7 Å². The summed E-state index contributed by atoms with van der Waals surface area (Å²) < 4.78 is 16.9. The Balaban J connectivity index is 1.78. The van der Waals surface area contributed by atoms with Gasteiger partial charge in [0.05, 0.1) is 5.69 Å². The summed E-state index contributed by atoms with van der Waals surface area (Å²) in [5.41, 5.74) is 3.28. The molecule has 146 valence electrons. The van der Waals surface area contributed by atoms with Crippen molar-refractivity contribution in [3.8, 4) is 17.1 Å². The second-order valence-corrected chi connectivity index (χ2v) is 8.55. The summed E-state index contributed by atoms with van der Waals surface area (Å²) in [6, 6.07) is 14.5. The summed E-state index contributed by atoms with van der Waals surface area (Å²) in [4.78, 5) is 4.08. The molecule has 2 aromatic heterocycles. The lowest BCUT2D eigenvalue weighted by molar-refractivity contribution is 0.616. The third-order valence-corrected chi connectivity index (χ3v) is 6.30. The highest BCUT2D eigenvalue weighted by molar-refractivity contribution is 9.10. The van der Waals surface area contributed by atoms with E-state index in [1.165, 1.54) is 17.8 Å². The van der Waals surface area contributed by atoms with Crippen LogP contribution in [0.4, 0.5) is 4.39 Å². The average Bonchev–Trinajstić information content (AvgIpc) is 3.14. The fourth-order valence-electron chi connectivity index (χ4n) is 2.89. The Morgan fingerprint density at radius 1 is 1.10 bits per heavy atom. The van der Waals surface area contributed by atoms with Gasteiger partial charge in [0.25, 0.3) is 0 Å². The van der Waals surface area contributed by atoms with Crippen molar-refractivity contribution in [2.45, 2.75) is 17.8 Å². The molecule has 0 aliphatic carbocycles. The van der Waals surface area contributed by atoms with E-state index < -0.39 is 0 Å². The van der Waals surface area contributed by atoms with Gasteiger partial charge in [0.2, 0.25) is 0 Å². The molecule has 4 nitrogen and oxygen atoms in total. The Kier molecular flexibility index (Phi) is 5.99. The van der Waals surface area contributed by atoms with Gasteiger partial charge in [-0.25, -0.2) is 4.39 Å². The van der Waals surface area contributed by atoms with Crippen LogP contribution in [0, 0.1) is 12.7 Å². The molecule has 0 aliphatic heterocycles. The molecule has 0 atom stereocenters. The highest BCUT2D eigenvalue weighted by Gasteiger charge is 2.19. The number of thioether (sulfide) groups is 1. The van der Waals surface area contributed by atoms with Crippen LogP contribution in [0.2, 0.25) is 5.02 Å². The predicted molar refractivity (Wildman–Crippen MR) is 118 cm³/mol. The van der Waals surface area contributed by atoms with Gasteiger partial charge in [-0.2, -0.15) is 0 Å². The first-order valence-electron chi connectivity index (χ1n) is 8.72. The number of hydrogen-bond acceptors (Lipinski definition) is 4. The summed E-state index contributed by atoms with van der Waals surface area (Å²) >= 11 is 11.1. The van der Waals surface area contributed by atoms with Crippen LogP contribution in [0.5, 0.6) is 0 Å². The van der Waals surface area contributed by atoms with Crippen molar-refractivity contribution in [2.24, 2.45) is 0 Å². The van der Waals surface area contributed by atoms with Gasteiger partial charge in [0.15, 0.2) is 11.0 Å². The van der Waals surface area contributed by atoms with Crippen molar-refractivity contribution in [3.05, 3.63) is 87.4 Å². The zero-order valence-corrected chi connectivity index (χ0v) is 18.5. The van der Waals surface area contributed by atoms with E-state index in [1.54, 1.807) is 18.5 Å². The molecule has 0 saturated heterocycles. The quantitative estimate of drug-likeness (QED) is 0.301. The van der Waals surface area contributed by atoms with E-state index in [4.69, 9.17) is 11.6 Å². The Bertz CT molecular complexity index is 1170. The maximum atomic E-state index is 14.3. The minimum atomic E-state index is -0.258. The van der Waals surface area contributed by atoms with Crippen LogP contribution in [0.25, 0.3) is 17.1 Å². The van der Waals surface area contributed by atoms with Gasteiger partial charge in [-0.15, -0.1) is 10.2 Å². The van der Waals surface area contributed by atoms with Gasteiger partial charge in [-0.1, -0.05) is 51.4 Å². The standard InChI is InChI=1S/C21H15BrClFN4S/c1-13-17(23)3-2-4-19(13)28-20(14-7-9-25-10-8-14)26-27-21(28)29-12-15-5-6-16(22)11-18(15)24/h2-11H,12H2,1H3. The Labute approximate surface area is 185 Å². The van der Waals surface area contributed by atoms with E-state index in [0.29, 0.717) is 31.8 Å². The number of nitrogens with zero attached hydrogens (tertiary/aromatic N) is 4. The molecule has 2 heterocycles. The molecule has 8 heteroatoms. The van der Waals surface area contributed by atoms with E-state index in [1.807, 2.05) is 47.9 Å². The molecule has 29 heavy (non-hydrogen) atoms. The fraction of sp³-hybridized carbons (Fsp3) is 0.0952. The number of hydrogen-bond donors (Lipinski definition) is 0. The largest absolute Gasteiger partial charge is 0.270 e. The molecule has 0 amide bonds. The number of halogens is 3. The third-order valence-electron chi connectivity index (χ3n) is 4.42. The summed E-state index contributed by atoms with van der Waals surface area (Å²) in [6.07, 6.45) is 3.42. The van der Waals surface area contributed by atoms with Gasteiger partial charge < -0.3 is 0 Å². The molecule has 0 fully saturated rings. The molecule has 2 aromatic carbocycles. The average molecular weight is 490 g/mol. The van der Waals surface area contributed by atoms with Crippen molar-refractivity contribution >= 4 is 39.3 Å². The Morgan fingerprint density at radius 3 is 2.66 bits per heavy atom. The SMILES string of the molecule is Cc1c(Cl)cccc1-n1c(SCc2ccc(Br)cc2F)nnc1-c1ccncc1. The first-order chi connectivity index (χ1) is 14.0. The monoisotopic (exact) mass is 488 g/mol. The van der Waals surface area contributed by atoms with Gasteiger partial charge in [-0.05, 0) is 54.4 Å². The number of aromatic nitrogens is 4. The van der Waals surface area contributed by atoms with Gasteiger partial charge in [0.1, 0.15) is 5.82 Å². The topological polar surface area (TPSA) is 43.6 Å². The molecule has 0 N–H and O–H groups in total. The minimum Gasteiger partial charge on any atom is -0.270 e. The highest BCUT2D eigenvalue weighted by Crippen LogP contribution is 2.33. The van der Waals surface area contributed by atoms with Gasteiger partial charge in [0, 0.05) is 33.2 Å². The Hall–Kier alpha value is -2.22. The second-order valence-electron chi connectivity index (χ2n) is 6.29. The summed E-state index contributed by atoms with van der Waals surface area (Å²) in [6.45, 7) is 1.96. The van der Waals surface area contributed by atoms with Crippen molar-refractivity contribution < 1.29 is 4.39 Å². The molecule has 0 unspecified atom stereocenters. The van der Waals surface area contributed by atoms with Crippen LogP contribution in [-0.2, 0) is 5.75 Å². The zero-order chi connectivity index (χ0) is 20.4. The normalized spacial score (nSPS) is 11.0. The summed E-state index contributed by atoms with van der Waals surface area (Å²) in [7, 11) is 0. The lowest BCUT2D eigenvalue weighted by Gasteiger charge is -2.14. The molecular weight excluding hydrogens is 475 g/mol. The summed E-state index contributed by atoms with van der Waals surface area (Å²) in [5, 5.41) is 10.1. The molecule has 0 spiro atoms. The van der Waals surface area contributed by atoms with E-state index in [0.717, 1.165) is 16.8 Å². The van der Waals surface area contributed by atoms with Crippen LogP contribution >= 0.6 is 39.3 Å². The predicted octanol–water partition coefficient (Wildman–Crippen LogP) is 6.49. The smallest absolute Gasteiger partial charge is 0.196 e. The maximum Gasteiger partial charge on any atom is 0.196 e. The molecule has 0 saturated carbocycles. The molecular formula is C21H15BrClFN4S. The first kappa shape index (κ1) is 20.1. The Morgan fingerprint density at radius 2 is 1.90 bits per heavy atom. The molecule has 4 aromatic rings. The van der Waals surface area contributed by atoms with E-state index in [-0.39, 0.29) is 5.82 Å². The van der Waals surface area contributed by atoms with Gasteiger partial charge in [-0.3, -0.25) is 9.55 Å². The van der Waals surface area contributed by atoms with Crippen LogP contribution in [0.1, 0.15) is 11.1 Å². The molecule has 0 bridgehead atoms. The van der Waals surface area contributed by atoms with Gasteiger partial charge >= 0.3 is 0 Å². The lowest BCUT2D eigenvalue weighted by Crippen LogP contribution is -2.02. The van der Waals surface area contributed by atoms with Crippen molar-refractivity contribution in [2.75, 3.05) is 0 Å². The number of benzene rings is 2. The van der Waals surface area contributed by atoms with Crippen LogP contribution in [0.15, 0.2) is 70.6 Å². The number of pyridine rings is 1. The zero-order valence-electron chi connectivity index (χ0n) is 15.3. The molecule has 0 aliphatic rings.